The van der Waals surface area contributed by atoms with E-state index in [9.17, 15) is 13.2 Å². The summed E-state index contributed by atoms with van der Waals surface area (Å²) in [5.74, 6) is 0.377. The Labute approximate surface area is 160 Å². The first-order valence-electron chi connectivity index (χ1n) is 9.14. The third-order valence-corrected chi connectivity index (χ3v) is 7.39. The summed E-state index contributed by atoms with van der Waals surface area (Å²) in [5.41, 5.74) is 0.774. The van der Waals surface area contributed by atoms with Gasteiger partial charge < -0.3 is 4.90 Å². The molecule has 6 nitrogen and oxygen atoms in total. The van der Waals surface area contributed by atoms with Crippen LogP contribution in [0.25, 0.3) is 0 Å². The standard InChI is InChI=1S/C18H26ClN3O3S/c1-15-6-4-9-20(12-15)18(23)14-22-11-5-10-21(26(22,24)25)13-16-7-2-3-8-17(16)19/h2-3,7-8,15H,4-6,9-14H2,1H3/t15-/m0/s1. The maximum atomic E-state index is 12.9. The van der Waals surface area contributed by atoms with Crippen LogP contribution in [0, 0.1) is 5.92 Å². The van der Waals surface area contributed by atoms with Gasteiger partial charge in [-0.2, -0.15) is 17.0 Å². The number of rotatable bonds is 4. The molecule has 1 aromatic rings. The summed E-state index contributed by atoms with van der Waals surface area (Å²) < 4.78 is 28.6. The molecule has 0 aliphatic carbocycles. The minimum Gasteiger partial charge on any atom is -0.341 e. The van der Waals surface area contributed by atoms with Gasteiger partial charge in [0, 0.05) is 37.7 Å². The van der Waals surface area contributed by atoms with Crippen molar-refractivity contribution in [3.05, 3.63) is 34.9 Å². The van der Waals surface area contributed by atoms with Gasteiger partial charge in [-0.05, 0) is 36.8 Å². The molecule has 2 aliphatic heterocycles. The molecule has 8 heteroatoms. The number of nitrogens with zero attached hydrogens (tertiary/aromatic N) is 3. The number of hydrogen-bond donors (Lipinski definition) is 0. The fourth-order valence-corrected chi connectivity index (χ4v) is 5.44. The van der Waals surface area contributed by atoms with Crippen molar-refractivity contribution in [1.29, 1.82) is 0 Å². The first kappa shape index (κ1) is 19.6. The molecule has 3 rings (SSSR count). The summed E-state index contributed by atoms with van der Waals surface area (Å²) in [7, 11) is -3.67. The number of likely N-dealkylation sites (tertiary alicyclic amines) is 1. The van der Waals surface area contributed by atoms with Crippen molar-refractivity contribution in [3.8, 4) is 0 Å². The van der Waals surface area contributed by atoms with Crippen LogP contribution in [0.15, 0.2) is 24.3 Å². The molecule has 0 spiro atoms. The number of carbonyl (C=O) groups is 1. The molecule has 26 heavy (non-hydrogen) atoms. The molecule has 2 heterocycles. The minimum absolute atomic E-state index is 0.0753. The number of amides is 1. The average Bonchev–Trinajstić information content (AvgIpc) is 2.60. The predicted molar refractivity (Wildman–Crippen MR) is 102 cm³/mol. The molecule has 1 aromatic carbocycles. The van der Waals surface area contributed by atoms with Crippen molar-refractivity contribution in [2.45, 2.75) is 32.7 Å². The van der Waals surface area contributed by atoms with Crippen LogP contribution in [-0.2, 0) is 21.5 Å². The molecule has 2 aliphatic rings. The van der Waals surface area contributed by atoms with Crippen LogP contribution in [0.5, 0.6) is 0 Å². The lowest BCUT2D eigenvalue weighted by Gasteiger charge is -2.37. The van der Waals surface area contributed by atoms with E-state index in [1.807, 2.05) is 18.2 Å². The van der Waals surface area contributed by atoms with Crippen LogP contribution in [0.1, 0.15) is 31.7 Å². The van der Waals surface area contributed by atoms with Crippen LogP contribution in [-0.4, -0.2) is 60.6 Å². The Morgan fingerprint density at radius 3 is 2.62 bits per heavy atom. The Hall–Kier alpha value is -1.15. The van der Waals surface area contributed by atoms with Crippen LogP contribution >= 0.6 is 11.6 Å². The monoisotopic (exact) mass is 399 g/mol. The minimum atomic E-state index is -3.67. The number of halogens is 1. The van der Waals surface area contributed by atoms with Gasteiger partial charge in [-0.15, -0.1) is 0 Å². The molecule has 0 unspecified atom stereocenters. The van der Waals surface area contributed by atoms with Crippen molar-refractivity contribution in [2.75, 3.05) is 32.7 Å². The van der Waals surface area contributed by atoms with Crippen molar-refractivity contribution < 1.29 is 13.2 Å². The van der Waals surface area contributed by atoms with Gasteiger partial charge in [0.2, 0.25) is 5.91 Å². The van der Waals surface area contributed by atoms with Gasteiger partial charge in [0.15, 0.2) is 0 Å². The molecule has 144 valence electrons. The van der Waals surface area contributed by atoms with Crippen LogP contribution in [0.2, 0.25) is 5.02 Å². The van der Waals surface area contributed by atoms with Gasteiger partial charge in [-0.3, -0.25) is 4.79 Å². The molecule has 0 saturated carbocycles. The second-order valence-electron chi connectivity index (χ2n) is 7.21. The lowest BCUT2D eigenvalue weighted by Crippen LogP contribution is -2.53. The summed E-state index contributed by atoms with van der Waals surface area (Å²) in [4.78, 5) is 14.4. The van der Waals surface area contributed by atoms with E-state index in [0.717, 1.165) is 31.5 Å². The second kappa shape index (κ2) is 8.25. The van der Waals surface area contributed by atoms with Crippen molar-refractivity contribution >= 4 is 27.7 Å². The zero-order valence-corrected chi connectivity index (χ0v) is 16.7. The van der Waals surface area contributed by atoms with E-state index in [1.54, 1.807) is 11.0 Å². The third-order valence-electron chi connectivity index (χ3n) is 5.09. The number of carbonyl (C=O) groups excluding carboxylic acids is 1. The highest BCUT2D eigenvalue weighted by molar-refractivity contribution is 7.86. The Balaban J connectivity index is 1.68. The Kier molecular flexibility index (Phi) is 6.22. The lowest BCUT2D eigenvalue weighted by molar-refractivity contribution is -0.133. The van der Waals surface area contributed by atoms with Gasteiger partial charge in [-0.1, -0.05) is 36.7 Å². The van der Waals surface area contributed by atoms with E-state index in [1.165, 1.54) is 8.61 Å². The third kappa shape index (κ3) is 4.39. The van der Waals surface area contributed by atoms with E-state index in [-0.39, 0.29) is 19.0 Å². The van der Waals surface area contributed by atoms with Crippen LogP contribution in [0.3, 0.4) is 0 Å². The molecule has 1 atom stereocenters. The highest BCUT2D eigenvalue weighted by Crippen LogP contribution is 2.23. The lowest BCUT2D eigenvalue weighted by atomic mass is 10.0. The summed E-state index contributed by atoms with van der Waals surface area (Å²) in [5, 5.41) is 0.554. The largest absolute Gasteiger partial charge is 0.341 e. The first-order valence-corrected chi connectivity index (χ1v) is 10.9. The van der Waals surface area contributed by atoms with Crippen molar-refractivity contribution in [3.63, 3.8) is 0 Å². The van der Waals surface area contributed by atoms with Crippen LogP contribution in [0.4, 0.5) is 0 Å². The summed E-state index contributed by atoms with van der Waals surface area (Å²) >= 11 is 6.18. The maximum absolute atomic E-state index is 12.9. The highest BCUT2D eigenvalue weighted by atomic mass is 35.5. The number of benzene rings is 1. The fraction of sp³-hybridized carbons (Fsp3) is 0.611. The van der Waals surface area contributed by atoms with Gasteiger partial charge in [-0.25, -0.2) is 0 Å². The molecule has 2 fully saturated rings. The van der Waals surface area contributed by atoms with Crippen molar-refractivity contribution in [2.24, 2.45) is 5.92 Å². The predicted octanol–water partition coefficient (Wildman–Crippen LogP) is 2.35. The zero-order chi connectivity index (χ0) is 18.7. The van der Waals surface area contributed by atoms with E-state index in [2.05, 4.69) is 6.92 Å². The average molecular weight is 400 g/mol. The zero-order valence-electron chi connectivity index (χ0n) is 15.1. The second-order valence-corrected chi connectivity index (χ2v) is 9.54. The summed E-state index contributed by atoms with van der Waals surface area (Å²) in [6, 6.07) is 7.25. The molecule has 0 N–H and O–H groups in total. The molecular weight excluding hydrogens is 374 g/mol. The molecule has 1 amide bonds. The summed E-state index contributed by atoms with van der Waals surface area (Å²) in [6.45, 7) is 4.55. The Bertz CT molecular complexity index is 756. The Morgan fingerprint density at radius 2 is 1.88 bits per heavy atom. The highest BCUT2D eigenvalue weighted by Gasteiger charge is 2.36. The molecule has 2 saturated heterocycles. The SMILES string of the molecule is C[C@H]1CCCN(C(=O)CN2CCCN(Cc3ccccc3Cl)S2(=O)=O)C1. The van der Waals surface area contributed by atoms with E-state index in [4.69, 9.17) is 11.6 Å². The summed E-state index contributed by atoms with van der Waals surface area (Å²) in [6.07, 6.45) is 2.81. The molecule has 0 radical (unpaired) electrons. The van der Waals surface area contributed by atoms with E-state index in [0.29, 0.717) is 30.5 Å². The fourth-order valence-electron chi connectivity index (χ4n) is 3.62. The quantitative estimate of drug-likeness (QED) is 0.780. The van der Waals surface area contributed by atoms with Crippen molar-refractivity contribution in [1.82, 2.24) is 13.5 Å². The maximum Gasteiger partial charge on any atom is 0.282 e. The van der Waals surface area contributed by atoms with Crippen LogP contribution < -0.4 is 0 Å². The molecular formula is C18H26ClN3O3S. The molecule has 0 bridgehead atoms. The molecule has 0 aromatic heterocycles. The topological polar surface area (TPSA) is 60.9 Å². The number of hydrogen-bond acceptors (Lipinski definition) is 3. The van der Waals surface area contributed by atoms with Gasteiger partial charge in [0.05, 0.1) is 6.54 Å². The van der Waals surface area contributed by atoms with E-state index < -0.39 is 10.2 Å². The first-order chi connectivity index (χ1) is 12.4. The normalized spacial score (nSPS) is 24.5. The van der Waals surface area contributed by atoms with Gasteiger partial charge in [0.1, 0.15) is 0 Å². The van der Waals surface area contributed by atoms with Gasteiger partial charge >= 0.3 is 0 Å². The number of piperidine rings is 1. The van der Waals surface area contributed by atoms with E-state index >= 15 is 0 Å². The van der Waals surface area contributed by atoms with Gasteiger partial charge in [0.25, 0.3) is 10.2 Å². The Morgan fingerprint density at radius 1 is 1.15 bits per heavy atom. The smallest absolute Gasteiger partial charge is 0.282 e.